The van der Waals surface area contributed by atoms with Gasteiger partial charge in [0.1, 0.15) is 5.01 Å². The highest BCUT2D eigenvalue weighted by atomic mass is 35.5. The second-order valence-corrected chi connectivity index (χ2v) is 4.54. The molecule has 2 aromatic rings. The van der Waals surface area contributed by atoms with Crippen molar-refractivity contribution >= 4 is 40.5 Å². The number of anilines is 1. The summed E-state index contributed by atoms with van der Waals surface area (Å²) in [6.07, 6.45) is 1.74. The van der Waals surface area contributed by atoms with E-state index in [1.54, 1.807) is 17.5 Å². The van der Waals surface area contributed by atoms with Crippen LogP contribution >= 0.6 is 34.5 Å². The van der Waals surface area contributed by atoms with Crippen LogP contribution in [0.4, 0.5) is 5.95 Å². The summed E-state index contributed by atoms with van der Waals surface area (Å²) in [5.41, 5.74) is 0. The average Bonchev–Trinajstić information content (AvgIpc) is 2.68. The number of rotatable bonds is 3. The first-order valence-electron chi connectivity index (χ1n) is 4.38. The Morgan fingerprint density at radius 2 is 1.94 bits per heavy atom. The van der Waals surface area contributed by atoms with Gasteiger partial charge in [-0.1, -0.05) is 0 Å². The van der Waals surface area contributed by atoms with Crippen LogP contribution in [0.15, 0.2) is 11.6 Å². The molecule has 1 atom stereocenters. The van der Waals surface area contributed by atoms with E-state index in [2.05, 4.69) is 25.3 Å². The highest BCUT2D eigenvalue weighted by molar-refractivity contribution is 7.09. The molecule has 0 saturated carbocycles. The lowest BCUT2D eigenvalue weighted by Crippen LogP contribution is -2.09. The van der Waals surface area contributed by atoms with Crippen LogP contribution < -0.4 is 5.32 Å². The summed E-state index contributed by atoms with van der Waals surface area (Å²) in [5, 5.41) is 6.01. The van der Waals surface area contributed by atoms with Gasteiger partial charge in [-0.25, -0.2) is 4.98 Å². The molecule has 0 aliphatic rings. The van der Waals surface area contributed by atoms with Crippen molar-refractivity contribution in [1.29, 1.82) is 0 Å². The van der Waals surface area contributed by atoms with Crippen molar-refractivity contribution in [3.63, 3.8) is 0 Å². The van der Waals surface area contributed by atoms with E-state index in [-0.39, 0.29) is 16.6 Å². The lowest BCUT2D eigenvalue weighted by molar-refractivity contribution is 0.842. The van der Waals surface area contributed by atoms with Gasteiger partial charge in [0, 0.05) is 11.6 Å². The van der Waals surface area contributed by atoms with E-state index in [1.807, 2.05) is 12.3 Å². The van der Waals surface area contributed by atoms with Gasteiger partial charge in [0.2, 0.25) is 16.5 Å². The van der Waals surface area contributed by atoms with E-state index >= 15 is 0 Å². The fraction of sp³-hybridized carbons (Fsp3) is 0.250. The standard InChI is InChI=1S/C8H7Cl2N5S/c1-4(5-11-2-3-16-5)12-8-14-6(9)13-7(10)15-8/h2-4H,1H3,(H,12,13,14,15). The maximum absolute atomic E-state index is 5.66. The largest absolute Gasteiger partial charge is 0.345 e. The molecule has 5 nitrogen and oxygen atoms in total. The van der Waals surface area contributed by atoms with Crippen LogP contribution in [-0.2, 0) is 0 Å². The van der Waals surface area contributed by atoms with E-state index in [9.17, 15) is 0 Å². The summed E-state index contributed by atoms with van der Waals surface area (Å²) in [6.45, 7) is 1.95. The molecule has 1 unspecified atom stereocenters. The molecule has 2 aromatic heterocycles. The van der Waals surface area contributed by atoms with Crippen LogP contribution in [0.25, 0.3) is 0 Å². The summed E-state index contributed by atoms with van der Waals surface area (Å²) in [4.78, 5) is 15.7. The molecule has 0 aliphatic heterocycles. The summed E-state index contributed by atoms with van der Waals surface area (Å²) in [7, 11) is 0. The summed E-state index contributed by atoms with van der Waals surface area (Å²) >= 11 is 12.9. The van der Waals surface area contributed by atoms with Crippen molar-refractivity contribution in [3.8, 4) is 0 Å². The minimum Gasteiger partial charge on any atom is -0.345 e. The smallest absolute Gasteiger partial charge is 0.228 e. The zero-order valence-corrected chi connectivity index (χ0v) is 10.5. The number of hydrogen-bond donors (Lipinski definition) is 1. The van der Waals surface area contributed by atoms with Crippen molar-refractivity contribution < 1.29 is 0 Å². The predicted molar refractivity (Wildman–Crippen MR) is 64.0 cm³/mol. The molecule has 2 rings (SSSR count). The molecule has 16 heavy (non-hydrogen) atoms. The van der Waals surface area contributed by atoms with Crippen LogP contribution in [-0.4, -0.2) is 19.9 Å². The van der Waals surface area contributed by atoms with Crippen LogP contribution in [0.2, 0.25) is 10.6 Å². The topological polar surface area (TPSA) is 63.6 Å². The molecule has 0 fully saturated rings. The van der Waals surface area contributed by atoms with Gasteiger partial charge >= 0.3 is 0 Å². The molecule has 0 aromatic carbocycles. The lowest BCUT2D eigenvalue weighted by atomic mass is 10.4. The number of nitrogens with one attached hydrogen (secondary N) is 1. The zero-order valence-electron chi connectivity index (χ0n) is 8.19. The first kappa shape index (κ1) is 11.5. The van der Waals surface area contributed by atoms with Crippen molar-refractivity contribution in [2.75, 3.05) is 5.32 Å². The fourth-order valence-electron chi connectivity index (χ4n) is 1.09. The molecule has 0 amide bonds. The van der Waals surface area contributed by atoms with E-state index < -0.39 is 0 Å². The SMILES string of the molecule is CC(Nc1nc(Cl)nc(Cl)n1)c1nccs1. The Morgan fingerprint density at radius 1 is 1.25 bits per heavy atom. The third kappa shape index (κ3) is 2.78. The normalized spacial score (nSPS) is 12.4. The summed E-state index contributed by atoms with van der Waals surface area (Å²) < 4.78 is 0. The average molecular weight is 276 g/mol. The quantitative estimate of drug-likeness (QED) is 0.933. The van der Waals surface area contributed by atoms with Gasteiger partial charge in [-0.2, -0.15) is 15.0 Å². The van der Waals surface area contributed by atoms with E-state index in [1.165, 1.54) is 0 Å². The van der Waals surface area contributed by atoms with Gasteiger partial charge < -0.3 is 5.32 Å². The van der Waals surface area contributed by atoms with E-state index in [4.69, 9.17) is 23.2 Å². The van der Waals surface area contributed by atoms with Crippen molar-refractivity contribution in [2.45, 2.75) is 13.0 Å². The Kier molecular flexibility index (Phi) is 3.52. The lowest BCUT2D eigenvalue weighted by Gasteiger charge is -2.10. The van der Waals surface area contributed by atoms with Gasteiger partial charge in [-0.05, 0) is 30.1 Å². The van der Waals surface area contributed by atoms with Crippen molar-refractivity contribution in [1.82, 2.24) is 19.9 Å². The molecule has 0 radical (unpaired) electrons. The third-order valence-electron chi connectivity index (χ3n) is 1.75. The molecular formula is C8H7Cl2N5S. The highest BCUT2D eigenvalue weighted by Gasteiger charge is 2.10. The second-order valence-electron chi connectivity index (χ2n) is 2.93. The maximum atomic E-state index is 5.66. The Morgan fingerprint density at radius 3 is 2.50 bits per heavy atom. The molecule has 0 spiro atoms. The van der Waals surface area contributed by atoms with Gasteiger partial charge in [-0.15, -0.1) is 11.3 Å². The molecule has 8 heteroatoms. The van der Waals surface area contributed by atoms with Crippen LogP contribution in [0, 0.1) is 0 Å². The highest BCUT2D eigenvalue weighted by Crippen LogP contribution is 2.19. The Labute approximate surface area is 106 Å². The number of nitrogens with zero attached hydrogens (tertiary/aromatic N) is 4. The summed E-state index contributed by atoms with van der Waals surface area (Å²) in [6, 6.07) is -0.00506. The van der Waals surface area contributed by atoms with Gasteiger partial charge in [0.05, 0.1) is 6.04 Å². The molecule has 84 valence electrons. The second kappa shape index (κ2) is 4.90. The van der Waals surface area contributed by atoms with Crippen LogP contribution in [0.1, 0.15) is 18.0 Å². The molecule has 0 bridgehead atoms. The van der Waals surface area contributed by atoms with E-state index in [0.717, 1.165) is 5.01 Å². The monoisotopic (exact) mass is 275 g/mol. The summed E-state index contributed by atoms with van der Waals surface area (Å²) in [5.74, 6) is 0.340. The number of halogens is 2. The molecule has 2 heterocycles. The minimum atomic E-state index is -0.00506. The predicted octanol–water partition coefficient (Wildman–Crippen LogP) is 2.81. The van der Waals surface area contributed by atoms with Crippen LogP contribution in [0.5, 0.6) is 0 Å². The van der Waals surface area contributed by atoms with Crippen LogP contribution in [0.3, 0.4) is 0 Å². The molecular weight excluding hydrogens is 269 g/mol. The van der Waals surface area contributed by atoms with Gasteiger partial charge in [0.25, 0.3) is 0 Å². The van der Waals surface area contributed by atoms with Gasteiger partial charge in [-0.3, -0.25) is 0 Å². The maximum Gasteiger partial charge on any atom is 0.228 e. The fourth-order valence-corrected chi connectivity index (χ4v) is 2.10. The van der Waals surface area contributed by atoms with Crippen molar-refractivity contribution in [2.24, 2.45) is 0 Å². The minimum absolute atomic E-state index is 0.00506. The van der Waals surface area contributed by atoms with Gasteiger partial charge in [0.15, 0.2) is 0 Å². The molecule has 0 aliphatic carbocycles. The Hall–Kier alpha value is -0.980. The number of aromatic nitrogens is 4. The Bertz CT molecular complexity index is 455. The number of thiazole rings is 1. The Balaban J connectivity index is 2.15. The molecule has 0 saturated heterocycles. The third-order valence-corrected chi connectivity index (χ3v) is 3.04. The molecule has 1 N–H and O–H groups in total. The van der Waals surface area contributed by atoms with Crippen molar-refractivity contribution in [3.05, 3.63) is 27.2 Å². The first-order valence-corrected chi connectivity index (χ1v) is 6.01. The zero-order chi connectivity index (χ0) is 11.5. The first-order chi connectivity index (χ1) is 7.65. The number of hydrogen-bond acceptors (Lipinski definition) is 6. The van der Waals surface area contributed by atoms with E-state index in [0.29, 0.717) is 5.95 Å².